The third-order valence-electron chi connectivity index (χ3n) is 5.65. The van der Waals surface area contributed by atoms with E-state index in [-0.39, 0.29) is 36.0 Å². The molecule has 1 aromatic heterocycles. The largest absolute Gasteiger partial charge is 0.318 e. The first kappa shape index (κ1) is 17.5. The summed E-state index contributed by atoms with van der Waals surface area (Å²) in [5.74, 6) is -1.21. The molecule has 2 atom stereocenters. The molecule has 0 bridgehead atoms. The van der Waals surface area contributed by atoms with Crippen molar-refractivity contribution >= 4 is 17.6 Å². The average molecular weight is 362 g/mol. The number of carbonyl (C=O) groups is 3. The number of likely N-dealkylation sites (tertiary alicyclic amines) is 1. The van der Waals surface area contributed by atoms with Crippen LogP contribution in [0.25, 0.3) is 5.69 Å². The van der Waals surface area contributed by atoms with Crippen LogP contribution in [0.5, 0.6) is 0 Å². The minimum Gasteiger partial charge on any atom is -0.318 e. The first-order valence-electron chi connectivity index (χ1n) is 9.27. The van der Waals surface area contributed by atoms with E-state index in [4.69, 9.17) is 0 Å². The monoisotopic (exact) mass is 362 g/mol. The van der Waals surface area contributed by atoms with Gasteiger partial charge < -0.3 is 4.57 Å². The Balaban J connectivity index is 1.60. The molecule has 0 N–H and O–H groups in total. The molecular formula is C22H22N2O3. The number of imide groups is 1. The lowest BCUT2D eigenvalue weighted by Crippen LogP contribution is -2.36. The second-order valence-corrected chi connectivity index (χ2v) is 7.30. The lowest BCUT2D eigenvalue weighted by atomic mass is 9.85. The van der Waals surface area contributed by atoms with Crippen LogP contribution in [0.3, 0.4) is 0 Å². The number of aryl methyl sites for hydroxylation is 1. The maximum atomic E-state index is 12.9. The van der Waals surface area contributed by atoms with Gasteiger partial charge in [-0.3, -0.25) is 19.3 Å². The standard InChI is InChI=1S/C22H22N2O3/c1-14-12-19(15(2)24(14)16-8-4-3-5-9-16)20(25)13-23-21(26)17-10-6-7-11-18(17)22(23)27/h3-9,12,17-18H,10-11,13H2,1-2H3/t17-,18-/m0/s1. The van der Waals surface area contributed by atoms with E-state index >= 15 is 0 Å². The van der Waals surface area contributed by atoms with Gasteiger partial charge in [0, 0.05) is 22.6 Å². The summed E-state index contributed by atoms with van der Waals surface area (Å²) in [5, 5.41) is 0. The number of nitrogens with zero attached hydrogens (tertiary/aromatic N) is 2. The van der Waals surface area contributed by atoms with Gasteiger partial charge in [-0.15, -0.1) is 0 Å². The van der Waals surface area contributed by atoms with Gasteiger partial charge >= 0.3 is 0 Å². The highest BCUT2D eigenvalue weighted by Crippen LogP contribution is 2.35. The van der Waals surface area contributed by atoms with Gasteiger partial charge in [-0.2, -0.15) is 0 Å². The normalized spacial score (nSPS) is 21.6. The van der Waals surface area contributed by atoms with Crippen molar-refractivity contribution in [1.82, 2.24) is 9.47 Å². The summed E-state index contributed by atoms with van der Waals surface area (Å²) in [6, 6.07) is 11.7. The van der Waals surface area contributed by atoms with Crippen LogP contribution in [-0.4, -0.2) is 33.6 Å². The number of rotatable bonds is 4. The summed E-state index contributed by atoms with van der Waals surface area (Å²) in [5.41, 5.74) is 3.31. The van der Waals surface area contributed by atoms with Gasteiger partial charge in [0.2, 0.25) is 11.8 Å². The molecule has 138 valence electrons. The molecule has 4 rings (SSSR count). The smallest absolute Gasteiger partial charge is 0.233 e. The Morgan fingerprint density at radius 3 is 2.19 bits per heavy atom. The third-order valence-corrected chi connectivity index (χ3v) is 5.65. The quantitative estimate of drug-likeness (QED) is 0.477. The molecule has 1 aliphatic heterocycles. The molecule has 2 amide bonds. The molecule has 0 spiro atoms. The SMILES string of the molecule is Cc1cc(C(=O)CN2C(=O)[C@H]3CC=CC[C@@H]3C2=O)c(C)n1-c1ccccc1. The molecule has 27 heavy (non-hydrogen) atoms. The van der Waals surface area contributed by atoms with E-state index in [1.54, 1.807) is 0 Å². The number of amides is 2. The minimum absolute atomic E-state index is 0.177. The maximum absolute atomic E-state index is 12.9. The Labute approximate surface area is 158 Å². The summed E-state index contributed by atoms with van der Waals surface area (Å²) in [6.45, 7) is 3.66. The number of carbonyl (C=O) groups excluding carboxylic acids is 3. The lowest BCUT2D eigenvalue weighted by molar-refractivity contribution is -0.139. The van der Waals surface area contributed by atoms with Gasteiger partial charge in [0.25, 0.3) is 0 Å². The van der Waals surface area contributed by atoms with Crippen molar-refractivity contribution in [3.8, 4) is 5.69 Å². The Morgan fingerprint density at radius 1 is 1.00 bits per heavy atom. The van der Waals surface area contributed by atoms with Gasteiger partial charge in [0.1, 0.15) is 0 Å². The van der Waals surface area contributed by atoms with E-state index in [0.717, 1.165) is 17.1 Å². The van der Waals surface area contributed by atoms with Crippen LogP contribution in [0, 0.1) is 25.7 Å². The number of para-hydroxylation sites is 1. The zero-order chi connectivity index (χ0) is 19.1. The van der Waals surface area contributed by atoms with Crippen molar-refractivity contribution in [2.24, 2.45) is 11.8 Å². The fourth-order valence-corrected chi connectivity index (χ4v) is 4.27. The number of allylic oxidation sites excluding steroid dienone is 2. The Bertz CT molecular complexity index is 929. The first-order chi connectivity index (χ1) is 13.0. The minimum atomic E-state index is -0.299. The molecule has 1 aliphatic carbocycles. The Morgan fingerprint density at radius 2 is 1.59 bits per heavy atom. The van der Waals surface area contributed by atoms with Crippen LogP contribution < -0.4 is 0 Å². The highest BCUT2D eigenvalue weighted by atomic mass is 16.2. The van der Waals surface area contributed by atoms with Gasteiger partial charge in [-0.05, 0) is 44.9 Å². The number of fused-ring (bicyclic) bond motifs is 1. The molecule has 0 unspecified atom stereocenters. The Hall–Kier alpha value is -2.95. The number of Topliss-reactive ketones (excluding diaryl/α,β-unsaturated/α-hetero) is 1. The molecule has 5 heteroatoms. The molecule has 1 aromatic carbocycles. The maximum Gasteiger partial charge on any atom is 0.233 e. The zero-order valence-electron chi connectivity index (χ0n) is 15.5. The first-order valence-corrected chi connectivity index (χ1v) is 9.27. The van der Waals surface area contributed by atoms with E-state index in [1.807, 2.05) is 67.0 Å². The highest BCUT2D eigenvalue weighted by molar-refractivity contribution is 6.10. The van der Waals surface area contributed by atoms with E-state index in [9.17, 15) is 14.4 Å². The summed E-state index contributed by atoms with van der Waals surface area (Å²) in [4.78, 5) is 39.3. The molecule has 1 fully saturated rings. The second-order valence-electron chi connectivity index (χ2n) is 7.30. The summed E-state index contributed by atoms with van der Waals surface area (Å²) in [7, 11) is 0. The number of hydrogen-bond acceptors (Lipinski definition) is 3. The van der Waals surface area contributed by atoms with E-state index in [2.05, 4.69) is 0 Å². The van der Waals surface area contributed by atoms with Gasteiger partial charge in [0.05, 0.1) is 18.4 Å². The molecule has 2 aliphatic rings. The topological polar surface area (TPSA) is 59.4 Å². The van der Waals surface area contributed by atoms with Gasteiger partial charge in [-0.25, -0.2) is 0 Å². The van der Waals surface area contributed by atoms with Crippen LogP contribution in [-0.2, 0) is 9.59 Å². The third kappa shape index (κ3) is 2.83. The van der Waals surface area contributed by atoms with Crippen LogP contribution in [0.2, 0.25) is 0 Å². The van der Waals surface area contributed by atoms with Crippen molar-refractivity contribution in [3.63, 3.8) is 0 Å². The van der Waals surface area contributed by atoms with E-state index < -0.39 is 0 Å². The second kappa shape index (κ2) is 6.65. The molecular weight excluding hydrogens is 340 g/mol. The van der Waals surface area contributed by atoms with Crippen LogP contribution in [0.4, 0.5) is 0 Å². The molecule has 0 radical (unpaired) electrons. The fourth-order valence-electron chi connectivity index (χ4n) is 4.27. The Kier molecular flexibility index (Phi) is 4.30. The predicted molar refractivity (Wildman–Crippen MR) is 102 cm³/mol. The predicted octanol–water partition coefficient (Wildman–Crippen LogP) is 3.23. The van der Waals surface area contributed by atoms with Gasteiger partial charge in [-0.1, -0.05) is 30.4 Å². The number of aromatic nitrogens is 1. The fraction of sp³-hybridized carbons (Fsp3) is 0.318. The van der Waals surface area contributed by atoms with Crippen LogP contribution in [0.15, 0.2) is 48.6 Å². The zero-order valence-corrected chi connectivity index (χ0v) is 15.5. The summed E-state index contributed by atoms with van der Waals surface area (Å²) < 4.78 is 2.02. The van der Waals surface area contributed by atoms with Crippen molar-refractivity contribution in [3.05, 3.63) is 65.5 Å². The molecule has 0 saturated carbocycles. The van der Waals surface area contributed by atoms with Crippen LogP contribution in [0.1, 0.15) is 34.6 Å². The number of ketones is 1. The number of hydrogen-bond donors (Lipinski definition) is 0. The van der Waals surface area contributed by atoms with Gasteiger partial charge in [0.15, 0.2) is 5.78 Å². The molecule has 1 saturated heterocycles. The van der Waals surface area contributed by atoms with E-state index in [0.29, 0.717) is 18.4 Å². The molecule has 2 heterocycles. The molecule has 5 nitrogen and oxygen atoms in total. The van der Waals surface area contributed by atoms with Crippen molar-refractivity contribution in [2.75, 3.05) is 6.54 Å². The number of benzene rings is 1. The van der Waals surface area contributed by atoms with Crippen LogP contribution >= 0.6 is 0 Å². The van der Waals surface area contributed by atoms with Crippen molar-refractivity contribution in [1.29, 1.82) is 0 Å². The summed E-state index contributed by atoms with van der Waals surface area (Å²) in [6.07, 6.45) is 5.07. The molecule has 2 aromatic rings. The van der Waals surface area contributed by atoms with Crippen molar-refractivity contribution < 1.29 is 14.4 Å². The summed E-state index contributed by atoms with van der Waals surface area (Å²) >= 11 is 0. The average Bonchev–Trinajstić information content (AvgIpc) is 3.11. The lowest BCUT2D eigenvalue weighted by Gasteiger charge is -2.14. The van der Waals surface area contributed by atoms with Crippen molar-refractivity contribution in [2.45, 2.75) is 26.7 Å². The highest BCUT2D eigenvalue weighted by Gasteiger charge is 2.47. The van der Waals surface area contributed by atoms with E-state index in [1.165, 1.54) is 4.90 Å².